The van der Waals surface area contributed by atoms with E-state index in [-0.39, 0.29) is 24.2 Å². The number of ether oxygens (including phenoxy) is 1. The van der Waals surface area contributed by atoms with E-state index in [0.29, 0.717) is 25.9 Å². The van der Waals surface area contributed by atoms with E-state index in [9.17, 15) is 19.6 Å². The zero-order valence-electron chi connectivity index (χ0n) is 20.2. The van der Waals surface area contributed by atoms with Gasteiger partial charge in [0.2, 0.25) is 11.8 Å². The van der Waals surface area contributed by atoms with Gasteiger partial charge in [-0.2, -0.15) is 0 Å². The standard InChI is InChI=1S/C26H35BN2O5/c1-18(2)13-24(27(32)33)28-26(31)21(14-19-7-5-4-6-8-19)16-25(30)29-12-11-20-9-10-23(34-3)15-22(20)17-29/h4-10,15,18,21,24,32-33H,11-14,16-17H2,1-3H3,(H,28,31)/t21-,24+/m1/s1. The molecule has 0 unspecified atom stereocenters. The number of carbonyl (C=O) groups is 2. The molecule has 0 aliphatic carbocycles. The van der Waals surface area contributed by atoms with Gasteiger partial charge in [0.15, 0.2) is 0 Å². The van der Waals surface area contributed by atoms with E-state index in [1.807, 2.05) is 62.4 Å². The molecule has 2 atom stereocenters. The molecular formula is C26H35BN2O5. The number of hydrogen-bond acceptors (Lipinski definition) is 5. The minimum Gasteiger partial charge on any atom is -0.497 e. The van der Waals surface area contributed by atoms with E-state index in [1.165, 1.54) is 5.56 Å². The summed E-state index contributed by atoms with van der Waals surface area (Å²) in [4.78, 5) is 28.3. The first-order valence-corrected chi connectivity index (χ1v) is 11.9. The van der Waals surface area contributed by atoms with Crippen molar-refractivity contribution in [3.63, 3.8) is 0 Å². The van der Waals surface area contributed by atoms with Crippen molar-refractivity contribution in [3.8, 4) is 5.75 Å². The van der Waals surface area contributed by atoms with Gasteiger partial charge >= 0.3 is 7.12 Å². The molecular weight excluding hydrogens is 431 g/mol. The van der Waals surface area contributed by atoms with Gasteiger partial charge in [-0.15, -0.1) is 0 Å². The van der Waals surface area contributed by atoms with Crippen LogP contribution >= 0.6 is 0 Å². The van der Waals surface area contributed by atoms with Crippen molar-refractivity contribution < 1.29 is 24.4 Å². The number of nitrogens with zero attached hydrogens (tertiary/aromatic N) is 1. The Bertz CT molecular complexity index is 967. The first-order valence-electron chi connectivity index (χ1n) is 11.9. The summed E-state index contributed by atoms with van der Waals surface area (Å²) in [5, 5.41) is 22.3. The number of methoxy groups -OCH3 is 1. The average molecular weight is 466 g/mol. The maximum absolute atomic E-state index is 13.3. The van der Waals surface area contributed by atoms with Crippen LogP contribution in [0.15, 0.2) is 48.5 Å². The SMILES string of the molecule is COc1ccc2c(c1)CN(C(=O)C[C@@H](Cc1ccccc1)C(=O)N[C@@H](CC(C)C)B(O)O)CC2. The molecule has 3 rings (SSSR count). The Morgan fingerprint density at radius 3 is 2.50 bits per heavy atom. The maximum atomic E-state index is 13.3. The van der Waals surface area contributed by atoms with Gasteiger partial charge in [-0.25, -0.2) is 0 Å². The average Bonchev–Trinajstić information content (AvgIpc) is 2.82. The van der Waals surface area contributed by atoms with Crippen LogP contribution in [-0.4, -0.2) is 53.5 Å². The van der Waals surface area contributed by atoms with Crippen LogP contribution in [-0.2, 0) is 29.0 Å². The van der Waals surface area contributed by atoms with Crippen molar-refractivity contribution in [2.24, 2.45) is 11.8 Å². The summed E-state index contributed by atoms with van der Waals surface area (Å²) >= 11 is 0. The summed E-state index contributed by atoms with van der Waals surface area (Å²) < 4.78 is 5.32. The van der Waals surface area contributed by atoms with Crippen molar-refractivity contribution in [2.75, 3.05) is 13.7 Å². The summed E-state index contributed by atoms with van der Waals surface area (Å²) in [5.41, 5.74) is 3.22. The minimum absolute atomic E-state index is 0.0515. The summed E-state index contributed by atoms with van der Waals surface area (Å²) in [6.07, 6.45) is 1.64. The Morgan fingerprint density at radius 1 is 1.12 bits per heavy atom. The Morgan fingerprint density at radius 2 is 1.85 bits per heavy atom. The molecule has 2 aromatic rings. The third kappa shape index (κ3) is 7.08. The summed E-state index contributed by atoms with van der Waals surface area (Å²) in [7, 11) is -0.0381. The quantitative estimate of drug-likeness (QED) is 0.467. The zero-order chi connectivity index (χ0) is 24.7. The number of carbonyl (C=O) groups excluding carboxylic acids is 2. The normalized spacial score (nSPS) is 14.8. The van der Waals surface area contributed by atoms with Crippen LogP contribution in [0.1, 0.15) is 43.4 Å². The molecule has 2 aromatic carbocycles. The van der Waals surface area contributed by atoms with Gasteiger partial charge in [0.1, 0.15) is 5.75 Å². The Labute approximate surface area is 202 Å². The van der Waals surface area contributed by atoms with E-state index in [0.717, 1.165) is 23.3 Å². The molecule has 0 bridgehead atoms. The largest absolute Gasteiger partial charge is 0.497 e. The van der Waals surface area contributed by atoms with Crippen LogP contribution in [0.4, 0.5) is 0 Å². The first kappa shape index (κ1) is 25.8. The Balaban J connectivity index is 1.74. The van der Waals surface area contributed by atoms with Gasteiger partial charge in [-0.1, -0.05) is 50.2 Å². The third-order valence-corrected chi connectivity index (χ3v) is 6.31. The van der Waals surface area contributed by atoms with Crippen LogP contribution in [0.25, 0.3) is 0 Å². The van der Waals surface area contributed by atoms with Crippen LogP contribution in [0.2, 0.25) is 0 Å². The molecule has 7 nitrogen and oxygen atoms in total. The first-order chi connectivity index (χ1) is 16.3. The van der Waals surface area contributed by atoms with Crippen molar-refractivity contribution in [3.05, 3.63) is 65.2 Å². The lowest BCUT2D eigenvalue weighted by Gasteiger charge is -2.31. The number of rotatable bonds is 10. The topological polar surface area (TPSA) is 99.1 Å². The van der Waals surface area contributed by atoms with Gasteiger partial charge < -0.3 is 25.0 Å². The highest BCUT2D eigenvalue weighted by Gasteiger charge is 2.32. The van der Waals surface area contributed by atoms with Gasteiger partial charge in [-0.05, 0) is 54.0 Å². The fraction of sp³-hybridized carbons (Fsp3) is 0.462. The summed E-state index contributed by atoms with van der Waals surface area (Å²) in [5.74, 6) is -0.894. The van der Waals surface area contributed by atoms with Gasteiger partial charge in [0, 0.05) is 19.5 Å². The number of hydrogen-bond donors (Lipinski definition) is 3. The fourth-order valence-corrected chi connectivity index (χ4v) is 4.43. The van der Waals surface area contributed by atoms with E-state index in [2.05, 4.69) is 5.32 Å². The molecule has 0 fully saturated rings. The molecule has 2 amide bonds. The lowest BCUT2D eigenvalue weighted by molar-refractivity contribution is -0.137. The van der Waals surface area contributed by atoms with E-state index >= 15 is 0 Å². The van der Waals surface area contributed by atoms with Gasteiger partial charge in [-0.3, -0.25) is 9.59 Å². The molecule has 0 spiro atoms. The molecule has 1 heterocycles. The predicted octanol–water partition coefficient (Wildman–Crippen LogP) is 2.37. The predicted molar refractivity (Wildman–Crippen MR) is 132 cm³/mol. The maximum Gasteiger partial charge on any atom is 0.475 e. The molecule has 8 heteroatoms. The molecule has 1 aliphatic heterocycles. The molecule has 1 aliphatic rings. The third-order valence-electron chi connectivity index (χ3n) is 6.31. The van der Waals surface area contributed by atoms with Crippen molar-refractivity contribution in [2.45, 2.75) is 52.0 Å². The monoisotopic (exact) mass is 466 g/mol. The molecule has 0 aromatic heterocycles. The van der Waals surface area contributed by atoms with Crippen molar-refractivity contribution in [1.82, 2.24) is 10.2 Å². The second-order valence-electron chi connectivity index (χ2n) is 9.45. The number of fused-ring (bicyclic) bond motifs is 1. The van der Waals surface area contributed by atoms with E-state index < -0.39 is 19.0 Å². The summed E-state index contributed by atoms with van der Waals surface area (Å²) in [6.45, 7) is 4.99. The Hall–Kier alpha value is -2.84. The second-order valence-corrected chi connectivity index (χ2v) is 9.45. The Kier molecular flexibility index (Phi) is 9.13. The molecule has 0 radical (unpaired) electrons. The van der Waals surface area contributed by atoms with Crippen LogP contribution in [0.3, 0.4) is 0 Å². The number of benzene rings is 2. The minimum atomic E-state index is -1.66. The van der Waals surface area contributed by atoms with E-state index in [4.69, 9.17) is 4.74 Å². The van der Waals surface area contributed by atoms with Crippen LogP contribution in [0.5, 0.6) is 5.75 Å². The fourth-order valence-electron chi connectivity index (χ4n) is 4.43. The zero-order valence-corrected chi connectivity index (χ0v) is 20.2. The highest BCUT2D eigenvalue weighted by molar-refractivity contribution is 6.43. The molecule has 34 heavy (non-hydrogen) atoms. The molecule has 3 N–H and O–H groups in total. The highest BCUT2D eigenvalue weighted by Crippen LogP contribution is 2.25. The van der Waals surface area contributed by atoms with Gasteiger partial charge in [0.25, 0.3) is 0 Å². The van der Waals surface area contributed by atoms with Crippen molar-refractivity contribution >= 4 is 18.9 Å². The highest BCUT2D eigenvalue weighted by atomic mass is 16.5. The smallest absolute Gasteiger partial charge is 0.475 e. The van der Waals surface area contributed by atoms with Crippen molar-refractivity contribution in [1.29, 1.82) is 0 Å². The lowest BCUT2D eigenvalue weighted by Crippen LogP contribution is -2.50. The number of amides is 2. The van der Waals surface area contributed by atoms with Gasteiger partial charge in [0.05, 0.1) is 19.0 Å². The van der Waals surface area contributed by atoms with Crippen LogP contribution < -0.4 is 10.1 Å². The lowest BCUT2D eigenvalue weighted by atomic mass is 9.74. The second kappa shape index (κ2) is 12.0. The summed E-state index contributed by atoms with van der Waals surface area (Å²) in [6, 6.07) is 15.5. The van der Waals surface area contributed by atoms with E-state index in [1.54, 1.807) is 12.0 Å². The molecule has 0 saturated heterocycles. The molecule has 182 valence electrons. The molecule has 0 saturated carbocycles. The van der Waals surface area contributed by atoms with Crippen LogP contribution in [0, 0.1) is 11.8 Å². The number of nitrogens with one attached hydrogen (secondary N) is 1.